The first kappa shape index (κ1) is 14.1. The number of carbonyl (C=O) groups is 2. The van der Waals surface area contributed by atoms with Crippen LogP contribution in [-0.2, 0) is 14.3 Å². The topological polar surface area (TPSA) is 76.1 Å². The predicted octanol–water partition coefficient (Wildman–Crippen LogP) is 1.63. The van der Waals surface area contributed by atoms with Crippen molar-refractivity contribution in [2.75, 3.05) is 13.2 Å². The summed E-state index contributed by atoms with van der Waals surface area (Å²) in [7, 11) is 0. The van der Waals surface area contributed by atoms with E-state index in [4.69, 9.17) is 9.47 Å². The van der Waals surface area contributed by atoms with E-state index in [0.717, 1.165) is 19.3 Å². The lowest BCUT2D eigenvalue weighted by atomic mass is 9.78. The molecule has 1 saturated heterocycles. The SMILES string of the molecule is CC(C)(C)OC(=O)N1CC2(CCC2)OCC1C(=O)O. The number of hydrogen-bond donors (Lipinski definition) is 1. The Hall–Kier alpha value is -1.30. The normalized spacial score (nSPS) is 25.8. The average Bonchev–Trinajstić information content (AvgIpc) is 2.23. The van der Waals surface area contributed by atoms with Crippen LogP contribution in [-0.4, -0.2) is 52.5 Å². The van der Waals surface area contributed by atoms with Crippen LogP contribution in [0.5, 0.6) is 0 Å². The highest BCUT2D eigenvalue weighted by molar-refractivity contribution is 5.80. The summed E-state index contributed by atoms with van der Waals surface area (Å²) >= 11 is 0. The summed E-state index contributed by atoms with van der Waals surface area (Å²) in [4.78, 5) is 24.7. The lowest BCUT2D eigenvalue weighted by molar-refractivity contribution is -0.182. The molecule has 0 bridgehead atoms. The van der Waals surface area contributed by atoms with Gasteiger partial charge in [0, 0.05) is 0 Å². The first-order chi connectivity index (χ1) is 8.72. The molecule has 19 heavy (non-hydrogen) atoms. The number of rotatable bonds is 1. The van der Waals surface area contributed by atoms with E-state index in [1.165, 1.54) is 4.90 Å². The number of carboxylic acids is 1. The Labute approximate surface area is 112 Å². The Balaban J connectivity index is 2.11. The number of carbonyl (C=O) groups excluding carboxylic acids is 1. The largest absolute Gasteiger partial charge is 0.480 e. The Morgan fingerprint density at radius 1 is 1.37 bits per heavy atom. The number of nitrogens with zero attached hydrogens (tertiary/aromatic N) is 1. The molecule has 1 unspecified atom stereocenters. The van der Waals surface area contributed by atoms with Crippen molar-refractivity contribution in [1.82, 2.24) is 4.90 Å². The predicted molar refractivity (Wildman–Crippen MR) is 66.9 cm³/mol. The monoisotopic (exact) mass is 271 g/mol. The standard InChI is InChI=1S/C13H21NO5/c1-12(2,3)19-11(17)14-8-13(5-4-6-13)18-7-9(14)10(15)16/h9H,4-8H2,1-3H3,(H,15,16). The van der Waals surface area contributed by atoms with E-state index >= 15 is 0 Å². The van der Waals surface area contributed by atoms with Gasteiger partial charge in [-0.2, -0.15) is 0 Å². The fourth-order valence-electron chi connectivity index (χ4n) is 2.40. The molecule has 6 heteroatoms. The van der Waals surface area contributed by atoms with Crippen LogP contribution in [0.3, 0.4) is 0 Å². The Bertz CT molecular complexity index is 383. The Morgan fingerprint density at radius 2 is 2.00 bits per heavy atom. The first-order valence-electron chi connectivity index (χ1n) is 6.59. The molecule has 2 fully saturated rings. The number of aliphatic carboxylic acids is 1. The third kappa shape index (κ3) is 3.00. The minimum atomic E-state index is -1.06. The molecule has 108 valence electrons. The maximum Gasteiger partial charge on any atom is 0.411 e. The van der Waals surface area contributed by atoms with Crippen LogP contribution in [0.25, 0.3) is 0 Å². The van der Waals surface area contributed by atoms with E-state index in [-0.39, 0.29) is 12.2 Å². The second-order valence-corrected chi connectivity index (χ2v) is 6.31. The van der Waals surface area contributed by atoms with Gasteiger partial charge in [-0.05, 0) is 40.0 Å². The highest BCUT2D eigenvalue weighted by atomic mass is 16.6. The lowest BCUT2D eigenvalue weighted by Crippen LogP contribution is -2.63. The van der Waals surface area contributed by atoms with Crippen molar-refractivity contribution >= 4 is 12.1 Å². The summed E-state index contributed by atoms with van der Waals surface area (Å²) in [6.45, 7) is 5.63. The molecule has 0 radical (unpaired) electrons. The van der Waals surface area contributed by atoms with Crippen LogP contribution < -0.4 is 0 Å². The number of amides is 1. The van der Waals surface area contributed by atoms with Gasteiger partial charge in [0.15, 0.2) is 6.04 Å². The average molecular weight is 271 g/mol. The van der Waals surface area contributed by atoms with E-state index in [1.807, 2.05) is 0 Å². The smallest absolute Gasteiger partial charge is 0.411 e. The summed E-state index contributed by atoms with van der Waals surface area (Å²) < 4.78 is 10.9. The number of morpholine rings is 1. The zero-order valence-electron chi connectivity index (χ0n) is 11.6. The van der Waals surface area contributed by atoms with Crippen molar-refractivity contribution in [1.29, 1.82) is 0 Å². The maximum absolute atomic E-state index is 12.1. The molecular formula is C13H21NO5. The molecule has 6 nitrogen and oxygen atoms in total. The van der Waals surface area contributed by atoms with Gasteiger partial charge in [-0.25, -0.2) is 9.59 Å². The van der Waals surface area contributed by atoms with E-state index in [2.05, 4.69) is 0 Å². The van der Waals surface area contributed by atoms with Gasteiger partial charge < -0.3 is 14.6 Å². The van der Waals surface area contributed by atoms with Gasteiger partial charge >= 0.3 is 12.1 Å². The van der Waals surface area contributed by atoms with Gasteiger partial charge in [-0.1, -0.05) is 0 Å². The van der Waals surface area contributed by atoms with Crippen molar-refractivity contribution in [3.8, 4) is 0 Å². The number of carboxylic acid groups (broad SMARTS) is 1. The molecule has 1 saturated carbocycles. The summed E-state index contributed by atoms with van der Waals surface area (Å²) in [6, 6.07) is -0.957. The summed E-state index contributed by atoms with van der Waals surface area (Å²) in [6.07, 6.45) is 2.23. The van der Waals surface area contributed by atoms with Gasteiger partial charge in [0.2, 0.25) is 0 Å². The molecular weight excluding hydrogens is 250 g/mol. The number of hydrogen-bond acceptors (Lipinski definition) is 4. The zero-order valence-corrected chi connectivity index (χ0v) is 11.6. The molecule has 1 heterocycles. The Kier molecular flexibility index (Phi) is 3.47. The highest BCUT2D eigenvalue weighted by Crippen LogP contribution is 2.39. The van der Waals surface area contributed by atoms with E-state index in [9.17, 15) is 14.7 Å². The molecule has 1 amide bonds. The molecule has 1 atom stereocenters. The quantitative estimate of drug-likeness (QED) is 0.784. The molecule has 1 aliphatic carbocycles. The second-order valence-electron chi connectivity index (χ2n) is 6.31. The molecule has 1 N–H and O–H groups in total. The summed E-state index contributed by atoms with van der Waals surface area (Å²) in [5.74, 6) is -1.06. The van der Waals surface area contributed by atoms with Crippen LogP contribution in [0.4, 0.5) is 4.79 Å². The van der Waals surface area contributed by atoms with E-state index < -0.39 is 23.7 Å². The third-order valence-corrected chi connectivity index (χ3v) is 3.56. The molecule has 2 rings (SSSR count). The molecule has 2 aliphatic rings. The third-order valence-electron chi connectivity index (χ3n) is 3.56. The van der Waals surface area contributed by atoms with Crippen molar-refractivity contribution in [2.45, 2.75) is 57.3 Å². The minimum absolute atomic E-state index is 0.0363. The van der Waals surface area contributed by atoms with Gasteiger partial charge in [0.25, 0.3) is 0 Å². The summed E-state index contributed by atoms with van der Waals surface area (Å²) in [5.41, 5.74) is -0.978. The molecule has 0 aromatic carbocycles. The first-order valence-corrected chi connectivity index (χ1v) is 6.59. The second kappa shape index (κ2) is 4.67. The van der Waals surface area contributed by atoms with Crippen molar-refractivity contribution in [3.05, 3.63) is 0 Å². The fourth-order valence-corrected chi connectivity index (χ4v) is 2.40. The fraction of sp³-hybridized carbons (Fsp3) is 0.846. The Morgan fingerprint density at radius 3 is 2.42 bits per heavy atom. The van der Waals surface area contributed by atoms with E-state index in [1.54, 1.807) is 20.8 Å². The van der Waals surface area contributed by atoms with Gasteiger partial charge in [-0.3, -0.25) is 4.90 Å². The maximum atomic E-state index is 12.1. The lowest BCUT2D eigenvalue weighted by Gasteiger charge is -2.50. The van der Waals surface area contributed by atoms with Crippen LogP contribution in [0, 0.1) is 0 Å². The summed E-state index contributed by atoms with van der Waals surface area (Å²) in [5, 5.41) is 9.19. The highest BCUT2D eigenvalue weighted by Gasteiger charge is 2.49. The van der Waals surface area contributed by atoms with Gasteiger partial charge in [-0.15, -0.1) is 0 Å². The van der Waals surface area contributed by atoms with Crippen molar-refractivity contribution < 1.29 is 24.2 Å². The van der Waals surface area contributed by atoms with Crippen molar-refractivity contribution in [3.63, 3.8) is 0 Å². The van der Waals surface area contributed by atoms with Crippen LogP contribution in [0.15, 0.2) is 0 Å². The van der Waals surface area contributed by atoms with Gasteiger partial charge in [0.05, 0.1) is 18.8 Å². The molecule has 0 aromatic rings. The molecule has 1 spiro atoms. The minimum Gasteiger partial charge on any atom is -0.480 e. The van der Waals surface area contributed by atoms with Crippen LogP contribution in [0.2, 0.25) is 0 Å². The molecule has 0 aromatic heterocycles. The van der Waals surface area contributed by atoms with Gasteiger partial charge in [0.1, 0.15) is 5.60 Å². The van der Waals surface area contributed by atoms with Crippen LogP contribution >= 0.6 is 0 Å². The van der Waals surface area contributed by atoms with Crippen molar-refractivity contribution in [2.24, 2.45) is 0 Å². The number of ether oxygens (including phenoxy) is 2. The van der Waals surface area contributed by atoms with Crippen LogP contribution in [0.1, 0.15) is 40.0 Å². The van der Waals surface area contributed by atoms with E-state index in [0.29, 0.717) is 6.54 Å². The zero-order chi connectivity index (χ0) is 14.3. The molecule has 1 aliphatic heterocycles.